The Morgan fingerprint density at radius 3 is 1.96 bits per heavy atom. The zero-order chi connectivity index (χ0) is 20.8. The van der Waals surface area contributed by atoms with Gasteiger partial charge in [-0.2, -0.15) is 0 Å². The van der Waals surface area contributed by atoms with Crippen molar-refractivity contribution in [1.82, 2.24) is 0 Å². The van der Waals surface area contributed by atoms with Gasteiger partial charge in [0.25, 0.3) is 0 Å². The van der Waals surface area contributed by atoms with Gasteiger partial charge in [-0.1, -0.05) is 20.8 Å². The van der Waals surface area contributed by atoms with Crippen LogP contribution in [0.3, 0.4) is 0 Å². The van der Waals surface area contributed by atoms with Gasteiger partial charge >= 0.3 is 5.97 Å². The van der Waals surface area contributed by atoms with Crippen molar-refractivity contribution in [2.45, 2.75) is 71.2 Å². The van der Waals surface area contributed by atoms with Crippen molar-refractivity contribution in [2.75, 3.05) is 6.61 Å². The lowest BCUT2D eigenvalue weighted by molar-refractivity contribution is -0.222. The summed E-state index contributed by atoms with van der Waals surface area (Å²) in [4.78, 5) is 20.4. The fourth-order valence-electron chi connectivity index (χ4n) is 2.09. The summed E-state index contributed by atoms with van der Waals surface area (Å²) in [6.07, 6.45) is 0.809. The number of rotatable bonds is 14. The molecule has 4 unspecified atom stereocenters. The number of hydrogen-bond donors (Lipinski definition) is 5. The van der Waals surface area contributed by atoms with Gasteiger partial charge in [0, 0.05) is 6.42 Å². The van der Waals surface area contributed by atoms with E-state index in [1.807, 2.05) is 0 Å². The molecule has 0 aliphatic rings. The van der Waals surface area contributed by atoms with Crippen LogP contribution in [0.5, 0.6) is 0 Å². The van der Waals surface area contributed by atoms with Crippen LogP contribution in [-0.4, -0.2) is 56.7 Å². The Morgan fingerprint density at radius 1 is 0.889 bits per heavy atom. The van der Waals surface area contributed by atoms with E-state index in [1.165, 1.54) is 12.2 Å². The Balaban J connectivity index is 5.33. The molecule has 0 bridgehead atoms. The van der Waals surface area contributed by atoms with Gasteiger partial charge < -0.3 is 29.8 Å². The molecule has 0 aliphatic heterocycles. The maximum Gasteiger partial charge on any atom is 0.308 e. The Bertz CT molecular complexity index is 475. The van der Waals surface area contributed by atoms with Gasteiger partial charge in [0.05, 0.1) is 30.7 Å². The fourth-order valence-corrected chi connectivity index (χ4v) is 2.09. The Labute approximate surface area is 159 Å². The number of carbonyl (C=O) groups is 1. The van der Waals surface area contributed by atoms with Crippen molar-refractivity contribution in [3.05, 3.63) is 23.7 Å². The third-order valence-electron chi connectivity index (χ3n) is 3.96. The first-order valence-corrected chi connectivity index (χ1v) is 9.06. The van der Waals surface area contributed by atoms with Gasteiger partial charge in [-0.15, -0.1) is 0 Å². The van der Waals surface area contributed by atoms with Crippen LogP contribution in [0.1, 0.15) is 52.9 Å². The molecule has 0 fully saturated rings. The molecule has 158 valence electrons. The average molecular weight is 392 g/mol. The molecule has 0 heterocycles. The van der Waals surface area contributed by atoms with Crippen LogP contribution in [0.4, 0.5) is 0 Å². The van der Waals surface area contributed by atoms with E-state index in [-0.39, 0.29) is 31.0 Å². The number of esters is 1. The molecule has 0 aromatic rings. The summed E-state index contributed by atoms with van der Waals surface area (Å²) in [6.45, 7) is 4.91. The summed E-state index contributed by atoms with van der Waals surface area (Å²) in [5.41, 5.74) is 0. The zero-order valence-corrected chi connectivity index (χ0v) is 16.1. The maximum atomic E-state index is 11.8. The van der Waals surface area contributed by atoms with Gasteiger partial charge in [0.2, 0.25) is 0 Å². The summed E-state index contributed by atoms with van der Waals surface area (Å²) in [5, 5.41) is 47.2. The van der Waals surface area contributed by atoms with Crippen LogP contribution in [0.15, 0.2) is 23.7 Å². The number of ether oxygens (including phenoxy) is 1. The first-order chi connectivity index (χ1) is 12.8. The standard InChI is InChI=1S/C18H32O9/c1-4-13(19)8-16(26-23)7-12(17(27-24)9-14(20)5-2)11-25-18(22)10-15(21)6-3/h8-9,12-15,19-21,23-24H,4-7,10-11H2,1-3H3. The van der Waals surface area contributed by atoms with Crippen molar-refractivity contribution in [1.29, 1.82) is 0 Å². The molecule has 0 saturated carbocycles. The van der Waals surface area contributed by atoms with E-state index in [2.05, 4.69) is 9.78 Å². The molecular weight excluding hydrogens is 360 g/mol. The van der Waals surface area contributed by atoms with Crippen LogP contribution in [-0.2, 0) is 19.3 Å². The van der Waals surface area contributed by atoms with E-state index < -0.39 is 30.2 Å². The van der Waals surface area contributed by atoms with Gasteiger partial charge in [0.1, 0.15) is 18.1 Å². The molecule has 0 aromatic carbocycles. The zero-order valence-electron chi connectivity index (χ0n) is 16.1. The Morgan fingerprint density at radius 2 is 1.48 bits per heavy atom. The predicted molar refractivity (Wildman–Crippen MR) is 96.2 cm³/mol. The molecule has 0 aromatic heterocycles. The molecule has 0 amide bonds. The smallest absolute Gasteiger partial charge is 0.308 e. The fraction of sp³-hybridized carbons (Fsp3) is 0.722. The molecule has 0 spiro atoms. The minimum absolute atomic E-state index is 0.0204. The molecule has 4 atom stereocenters. The Kier molecular flexibility index (Phi) is 13.5. The second-order valence-corrected chi connectivity index (χ2v) is 6.19. The van der Waals surface area contributed by atoms with Crippen molar-refractivity contribution in [3.8, 4) is 0 Å². The molecule has 0 saturated heterocycles. The first kappa shape index (κ1) is 25.4. The highest BCUT2D eigenvalue weighted by atomic mass is 17.1. The SMILES string of the molecule is CCC(O)C=C(CC(COC(=O)CC(O)CC)C(=CC(O)CC)OO)OO. The quantitative estimate of drug-likeness (QED) is 0.130. The van der Waals surface area contributed by atoms with Crippen molar-refractivity contribution in [2.24, 2.45) is 5.92 Å². The summed E-state index contributed by atoms with van der Waals surface area (Å²) >= 11 is 0. The number of aliphatic hydroxyl groups is 3. The Hall–Kier alpha value is -1.65. The highest BCUT2D eigenvalue weighted by molar-refractivity contribution is 5.69. The third-order valence-corrected chi connectivity index (χ3v) is 3.96. The van der Waals surface area contributed by atoms with Gasteiger partial charge in [-0.05, 0) is 31.4 Å². The van der Waals surface area contributed by atoms with E-state index >= 15 is 0 Å². The monoisotopic (exact) mass is 392 g/mol. The van der Waals surface area contributed by atoms with Crippen LogP contribution in [0.2, 0.25) is 0 Å². The van der Waals surface area contributed by atoms with E-state index in [1.54, 1.807) is 20.8 Å². The maximum absolute atomic E-state index is 11.8. The molecule has 9 nitrogen and oxygen atoms in total. The molecule has 0 rings (SSSR count). The molecule has 9 heteroatoms. The molecule has 0 radical (unpaired) electrons. The minimum Gasteiger partial charge on any atom is -0.465 e. The lowest BCUT2D eigenvalue weighted by Crippen LogP contribution is -2.22. The van der Waals surface area contributed by atoms with Crippen LogP contribution in [0, 0.1) is 5.92 Å². The molecular formula is C18H32O9. The predicted octanol–water partition coefficient (Wildman–Crippen LogP) is 1.99. The van der Waals surface area contributed by atoms with Gasteiger partial charge in [-0.25, -0.2) is 10.5 Å². The summed E-state index contributed by atoms with van der Waals surface area (Å²) < 4.78 is 5.11. The van der Waals surface area contributed by atoms with E-state index in [4.69, 9.17) is 9.99 Å². The second-order valence-electron chi connectivity index (χ2n) is 6.19. The van der Waals surface area contributed by atoms with Crippen LogP contribution < -0.4 is 0 Å². The topological polar surface area (TPSA) is 146 Å². The second kappa shape index (κ2) is 14.4. The van der Waals surface area contributed by atoms with E-state index in [0.717, 1.165) is 0 Å². The van der Waals surface area contributed by atoms with Crippen LogP contribution >= 0.6 is 0 Å². The largest absolute Gasteiger partial charge is 0.465 e. The number of allylic oxidation sites excluding steroid dienone is 1. The number of hydrogen-bond acceptors (Lipinski definition) is 9. The van der Waals surface area contributed by atoms with E-state index in [0.29, 0.717) is 19.3 Å². The van der Waals surface area contributed by atoms with Crippen molar-refractivity contribution >= 4 is 5.97 Å². The number of carbonyl (C=O) groups excluding carboxylic acids is 1. The number of aliphatic hydroxyl groups excluding tert-OH is 3. The third kappa shape index (κ3) is 10.9. The van der Waals surface area contributed by atoms with Gasteiger partial charge in [-0.3, -0.25) is 4.79 Å². The summed E-state index contributed by atoms with van der Waals surface area (Å²) in [7, 11) is 0. The first-order valence-electron chi connectivity index (χ1n) is 9.06. The average Bonchev–Trinajstić information content (AvgIpc) is 2.67. The highest BCUT2D eigenvalue weighted by Crippen LogP contribution is 2.23. The van der Waals surface area contributed by atoms with Gasteiger partial charge in [0.15, 0.2) is 0 Å². The van der Waals surface area contributed by atoms with Crippen molar-refractivity contribution < 1.29 is 45.1 Å². The molecule has 5 N–H and O–H groups in total. The lowest BCUT2D eigenvalue weighted by Gasteiger charge is -2.20. The molecule has 27 heavy (non-hydrogen) atoms. The lowest BCUT2D eigenvalue weighted by atomic mass is 10.00. The van der Waals surface area contributed by atoms with Crippen molar-refractivity contribution in [3.63, 3.8) is 0 Å². The summed E-state index contributed by atoms with van der Waals surface area (Å²) in [5.74, 6) is -1.55. The normalized spacial score (nSPS) is 17.0. The molecule has 0 aliphatic carbocycles. The summed E-state index contributed by atoms with van der Waals surface area (Å²) in [6, 6.07) is 0. The van der Waals surface area contributed by atoms with Crippen LogP contribution in [0.25, 0.3) is 0 Å². The van der Waals surface area contributed by atoms with E-state index in [9.17, 15) is 25.4 Å². The minimum atomic E-state index is -0.907. The highest BCUT2D eigenvalue weighted by Gasteiger charge is 2.24.